The van der Waals surface area contributed by atoms with Crippen molar-refractivity contribution in [3.63, 3.8) is 0 Å². The third kappa shape index (κ3) is 2.49. The predicted molar refractivity (Wildman–Crippen MR) is 74.9 cm³/mol. The number of carbonyl (C=O) groups is 1. The van der Waals surface area contributed by atoms with E-state index in [1.807, 2.05) is 43.1 Å². The van der Waals surface area contributed by atoms with Crippen molar-refractivity contribution in [3.8, 4) is 0 Å². The summed E-state index contributed by atoms with van der Waals surface area (Å²) in [6.07, 6.45) is 1.37. The molecule has 1 heterocycles. The van der Waals surface area contributed by atoms with Gasteiger partial charge in [0.1, 0.15) is 5.82 Å². The molecule has 0 unspecified atom stereocenters. The number of aromatic nitrogens is 1. The van der Waals surface area contributed by atoms with Crippen LogP contribution in [-0.2, 0) is 0 Å². The second-order valence-electron chi connectivity index (χ2n) is 4.28. The van der Waals surface area contributed by atoms with Crippen LogP contribution in [0.1, 0.15) is 15.9 Å². The van der Waals surface area contributed by atoms with Gasteiger partial charge in [-0.05, 0) is 24.6 Å². The van der Waals surface area contributed by atoms with Gasteiger partial charge in [0.2, 0.25) is 0 Å². The smallest absolute Gasteiger partial charge is 0.337 e. The number of pyridine rings is 1. The number of aromatic carboxylic acids is 1. The molecule has 0 fully saturated rings. The predicted octanol–water partition coefficient (Wildman–Crippen LogP) is 2.44. The zero-order chi connectivity index (χ0) is 14.0. The van der Waals surface area contributed by atoms with Crippen molar-refractivity contribution in [1.82, 2.24) is 4.98 Å². The lowest BCUT2D eigenvalue weighted by Gasteiger charge is -2.21. The molecule has 5 nitrogen and oxygen atoms in total. The summed E-state index contributed by atoms with van der Waals surface area (Å²) >= 11 is 0. The molecule has 1 aromatic carbocycles. The Morgan fingerprint density at radius 1 is 1.37 bits per heavy atom. The maximum atomic E-state index is 11.1. The monoisotopic (exact) mass is 257 g/mol. The minimum absolute atomic E-state index is 0.0606. The standard InChI is InChI=1S/C14H15N3O2/c1-9-5-3-4-6-12(9)17(2)13-7-10(14(18)19)11(15)8-16-13/h3-8H,15H2,1-2H3,(H,18,19). The molecule has 0 aliphatic carbocycles. The zero-order valence-corrected chi connectivity index (χ0v) is 10.8. The molecule has 2 aromatic rings. The molecule has 0 aliphatic rings. The molecule has 1 aromatic heterocycles. The molecule has 0 saturated carbocycles. The van der Waals surface area contributed by atoms with E-state index in [0.29, 0.717) is 5.82 Å². The number of hydrogen-bond donors (Lipinski definition) is 2. The Morgan fingerprint density at radius 3 is 2.68 bits per heavy atom. The van der Waals surface area contributed by atoms with Gasteiger partial charge in [0, 0.05) is 12.7 Å². The average molecular weight is 257 g/mol. The van der Waals surface area contributed by atoms with Gasteiger partial charge < -0.3 is 15.7 Å². The summed E-state index contributed by atoms with van der Waals surface area (Å²) in [5, 5.41) is 9.07. The molecule has 5 heteroatoms. The SMILES string of the molecule is Cc1ccccc1N(C)c1cc(C(=O)O)c(N)cn1. The van der Waals surface area contributed by atoms with E-state index in [2.05, 4.69) is 4.98 Å². The number of aryl methyl sites for hydroxylation is 1. The topological polar surface area (TPSA) is 79.5 Å². The first kappa shape index (κ1) is 12.9. The third-order valence-electron chi connectivity index (χ3n) is 2.97. The number of nitrogens with zero attached hydrogens (tertiary/aromatic N) is 2. The summed E-state index contributed by atoms with van der Waals surface area (Å²) in [7, 11) is 1.84. The van der Waals surface area contributed by atoms with Gasteiger partial charge in [-0.2, -0.15) is 0 Å². The first-order valence-corrected chi connectivity index (χ1v) is 5.79. The minimum Gasteiger partial charge on any atom is -0.478 e. The number of nitrogens with two attached hydrogens (primary N) is 1. The van der Waals surface area contributed by atoms with E-state index in [-0.39, 0.29) is 11.3 Å². The molecule has 0 bridgehead atoms. The van der Waals surface area contributed by atoms with Crippen molar-refractivity contribution < 1.29 is 9.90 Å². The van der Waals surface area contributed by atoms with Crippen molar-refractivity contribution in [2.45, 2.75) is 6.92 Å². The van der Waals surface area contributed by atoms with Gasteiger partial charge in [0.25, 0.3) is 0 Å². The van der Waals surface area contributed by atoms with Crippen LogP contribution in [0.25, 0.3) is 0 Å². The second kappa shape index (κ2) is 4.97. The van der Waals surface area contributed by atoms with Crippen LogP contribution in [0.2, 0.25) is 0 Å². The van der Waals surface area contributed by atoms with E-state index < -0.39 is 5.97 Å². The van der Waals surface area contributed by atoms with Crippen molar-refractivity contribution in [3.05, 3.63) is 47.7 Å². The van der Waals surface area contributed by atoms with Gasteiger partial charge in [-0.15, -0.1) is 0 Å². The fourth-order valence-corrected chi connectivity index (χ4v) is 1.89. The van der Waals surface area contributed by atoms with Crippen LogP contribution in [-0.4, -0.2) is 23.1 Å². The normalized spacial score (nSPS) is 10.2. The Kier molecular flexibility index (Phi) is 3.37. The van der Waals surface area contributed by atoms with E-state index in [0.717, 1.165) is 11.3 Å². The van der Waals surface area contributed by atoms with Crippen LogP contribution in [0.4, 0.5) is 17.2 Å². The van der Waals surface area contributed by atoms with Crippen LogP contribution in [0.3, 0.4) is 0 Å². The van der Waals surface area contributed by atoms with E-state index >= 15 is 0 Å². The molecule has 98 valence electrons. The van der Waals surface area contributed by atoms with Crippen LogP contribution in [0.5, 0.6) is 0 Å². The Labute approximate surface area is 111 Å². The Morgan fingerprint density at radius 2 is 2.05 bits per heavy atom. The third-order valence-corrected chi connectivity index (χ3v) is 2.97. The van der Waals surface area contributed by atoms with Crippen LogP contribution >= 0.6 is 0 Å². The number of carboxylic acids is 1. The highest BCUT2D eigenvalue weighted by Crippen LogP contribution is 2.26. The van der Waals surface area contributed by atoms with E-state index in [9.17, 15) is 4.79 Å². The highest BCUT2D eigenvalue weighted by Gasteiger charge is 2.13. The minimum atomic E-state index is -1.06. The summed E-state index contributed by atoms with van der Waals surface area (Å²) in [5.74, 6) is -0.514. The number of benzene rings is 1. The van der Waals surface area contributed by atoms with Crippen LogP contribution < -0.4 is 10.6 Å². The number of carboxylic acid groups (broad SMARTS) is 1. The van der Waals surface area contributed by atoms with Crippen molar-refractivity contribution in [2.24, 2.45) is 0 Å². The molecule has 0 spiro atoms. The molecule has 3 N–H and O–H groups in total. The van der Waals surface area contributed by atoms with E-state index in [1.54, 1.807) is 0 Å². The molecule has 2 rings (SSSR count). The van der Waals surface area contributed by atoms with Gasteiger partial charge in [0.05, 0.1) is 17.4 Å². The Bertz CT molecular complexity index is 626. The molecule has 0 aliphatic heterocycles. The van der Waals surface area contributed by atoms with E-state index in [1.165, 1.54) is 12.3 Å². The van der Waals surface area contributed by atoms with Crippen molar-refractivity contribution >= 4 is 23.2 Å². The number of hydrogen-bond acceptors (Lipinski definition) is 4. The number of rotatable bonds is 3. The first-order valence-electron chi connectivity index (χ1n) is 5.79. The summed E-state index contributed by atoms with van der Waals surface area (Å²) in [5.41, 5.74) is 7.87. The molecule has 0 atom stereocenters. The zero-order valence-electron chi connectivity index (χ0n) is 10.8. The molecule has 19 heavy (non-hydrogen) atoms. The second-order valence-corrected chi connectivity index (χ2v) is 4.28. The number of anilines is 3. The summed E-state index contributed by atoms with van der Waals surface area (Å²) in [6.45, 7) is 1.99. The molecule has 0 radical (unpaired) electrons. The van der Waals surface area contributed by atoms with Crippen LogP contribution in [0, 0.1) is 6.92 Å². The quantitative estimate of drug-likeness (QED) is 0.882. The maximum Gasteiger partial charge on any atom is 0.337 e. The number of para-hydroxylation sites is 1. The van der Waals surface area contributed by atoms with Gasteiger partial charge in [-0.1, -0.05) is 18.2 Å². The summed E-state index contributed by atoms with van der Waals surface area (Å²) in [6, 6.07) is 9.29. The van der Waals surface area contributed by atoms with Gasteiger partial charge >= 0.3 is 5.97 Å². The Balaban J connectivity index is 2.45. The molecular weight excluding hydrogens is 242 g/mol. The lowest BCUT2D eigenvalue weighted by Crippen LogP contribution is -2.14. The first-order chi connectivity index (χ1) is 9.00. The largest absolute Gasteiger partial charge is 0.478 e. The molecular formula is C14H15N3O2. The average Bonchev–Trinajstić information content (AvgIpc) is 2.38. The maximum absolute atomic E-state index is 11.1. The van der Waals surface area contributed by atoms with Crippen molar-refractivity contribution in [1.29, 1.82) is 0 Å². The van der Waals surface area contributed by atoms with Gasteiger partial charge in [-0.25, -0.2) is 9.78 Å². The van der Waals surface area contributed by atoms with Crippen molar-refractivity contribution in [2.75, 3.05) is 17.7 Å². The number of nitrogen functional groups attached to an aromatic ring is 1. The molecule has 0 saturated heterocycles. The van der Waals surface area contributed by atoms with Gasteiger partial charge in [-0.3, -0.25) is 0 Å². The van der Waals surface area contributed by atoms with Gasteiger partial charge in [0.15, 0.2) is 0 Å². The lowest BCUT2D eigenvalue weighted by atomic mass is 10.1. The lowest BCUT2D eigenvalue weighted by molar-refractivity contribution is 0.0698. The highest BCUT2D eigenvalue weighted by atomic mass is 16.4. The highest BCUT2D eigenvalue weighted by molar-refractivity contribution is 5.94. The van der Waals surface area contributed by atoms with E-state index in [4.69, 9.17) is 10.8 Å². The van der Waals surface area contributed by atoms with Crippen LogP contribution in [0.15, 0.2) is 36.5 Å². The summed E-state index contributed by atoms with van der Waals surface area (Å²) in [4.78, 5) is 17.1. The molecule has 0 amide bonds. The Hall–Kier alpha value is -2.56. The fraction of sp³-hybridized carbons (Fsp3) is 0.143. The summed E-state index contributed by atoms with van der Waals surface area (Å²) < 4.78 is 0. The fourth-order valence-electron chi connectivity index (χ4n) is 1.89.